The summed E-state index contributed by atoms with van der Waals surface area (Å²) in [6, 6.07) is 5.11. The zero-order valence-corrected chi connectivity index (χ0v) is 11.3. The second-order valence-corrected chi connectivity index (χ2v) is 5.71. The summed E-state index contributed by atoms with van der Waals surface area (Å²) in [6.07, 6.45) is 2.42. The van der Waals surface area contributed by atoms with Crippen LogP contribution >= 0.6 is 11.8 Å². The van der Waals surface area contributed by atoms with Crippen LogP contribution in [-0.2, 0) is 0 Å². The number of nitrogen functional groups attached to an aromatic ring is 1. The van der Waals surface area contributed by atoms with E-state index in [1.54, 1.807) is 25.3 Å². The second-order valence-electron chi connectivity index (χ2n) is 4.30. The molecule has 1 saturated heterocycles. The fourth-order valence-electron chi connectivity index (χ4n) is 1.97. The molecule has 1 amide bonds. The number of nitrogens with two attached hydrogens (primary N) is 1. The Hall–Kier alpha value is -1.36. The molecule has 0 aromatic heterocycles. The first-order valence-electron chi connectivity index (χ1n) is 6.04. The van der Waals surface area contributed by atoms with Gasteiger partial charge in [-0.3, -0.25) is 4.79 Å². The number of carbonyl (C=O) groups excluding carboxylic acids is 1. The molecule has 98 valence electrons. The minimum absolute atomic E-state index is 0.126. The van der Waals surface area contributed by atoms with Crippen LogP contribution in [0.2, 0.25) is 0 Å². The Balaban J connectivity index is 1.98. The van der Waals surface area contributed by atoms with Gasteiger partial charge >= 0.3 is 0 Å². The van der Waals surface area contributed by atoms with Crippen LogP contribution in [0.5, 0.6) is 5.75 Å². The molecule has 5 heteroatoms. The van der Waals surface area contributed by atoms with Crippen LogP contribution in [0, 0.1) is 0 Å². The van der Waals surface area contributed by atoms with Crippen LogP contribution in [0.1, 0.15) is 23.2 Å². The van der Waals surface area contributed by atoms with E-state index in [0.717, 1.165) is 0 Å². The maximum absolute atomic E-state index is 12.0. The van der Waals surface area contributed by atoms with Gasteiger partial charge in [0.15, 0.2) is 0 Å². The van der Waals surface area contributed by atoms with E-state index >= 15 is 0 Å². The van der Waals surface area contributed by atoms with Gasteiger partial charge in [0.25, 0.3) is 5.91 Å². The predicted octanol–water partition coefficient (Wildman–Crippen LogP) is 1.90. The quantitative estimate of drug-likeness (QED) is 0.817. The Bertz CT molecular complexity index is 431. The van der Waals surface area contributed by atoms with Gasteiger partial charge in [-0.25, -0.2) is 0 Å². The summed E-state index contributed by atoms with van der Waals surface area (Å²) >= 11 is 1.92. The van der Waals surface area contributed by atoms with E-state index in [1.807, 2.05) is 11.8 Å². The van der Waals surface area contributed by atoms with Crippen LogP contribution in [-0.4, -0.2) is 30.6 Å². The first-order valence-corrected chi connectivity index (χ1v) is 7.09. The Labute approximate surface area is 111 Å². The zero-order valence-electron chi connectivity index (χ0n) is 10.4. The summed E-state index contributed by atoms with van der Waals surface area (Å²) in [4.78, 5) is 12.0. The van der Waals surface area contributed by atoms with Crippen molar-refractivity contribution in [3.63, 3.8) is 0 Å². The Kier molecular flexibility index (Phi) is 4.36. The average Bonchev–Trinajstić information content (AvgIpc) is 2.89. The molecule has 0 saturated carbocycles. The van der Waals surface area contributed by atoms with Gasteiger partial charge in [-0.15, -0.1) is 0 Å². The molecule has 0 radical (unpaired) electrons. The van der Waals surface area contributed by atoms with Gasteiger partial charge < -0.3 is 15.8 Å². The average molecular weight is 266 g/mol. The lowest BCUT2D eigenvalue weighted by molar-refractivity contribution is 0.0954. The highest BCUT2D eigenvalue weighted by atomic mass is 32.2. The van der Waals surface area contributed by atoms with E-state index in [-0.39, 0.29) is 5.91 Å². The Morgan fingerprint density at radius 1 is 1.61 bits per heavy atom. The number of carbonyl (C=O) groups is 1. The minimum atomic E-state index is -0.126. The van der Waals surface area contributed by atoms with Crippen LogP contribution in [0.25, 0.3) is 0 Å². The topological polar surface area (TPSA) is 64.3 Å². The van der Waals surface area contributed by atoms with E-state index in [1.165, 1.54) is 18.6 Å². The molecule has 0 bridgehead atoms. The van der Waals surface area contributed by atoms with Crippen LogP contribution < -0.4 is 15.8 Å². The molecule has 1 aromatic rings. The number of methoxy groups -OCH3 is 1. The molecule has 1 aliphatic heterocycles. The number of anilines is 1. The SMILES string of the molecule is COc1ccc(N)c(C(=O)NCC2CCCS2)c1. The normalized spacial score (nSPS) is 18.6. The summed E-state index contributed by atoms with van der Waals surface area (Å²) < 4.78 is 5.10. The third-order valence-electron chi connectivity index (χ3n) is 3.02. The number of amides is 1. The molecule has 2 rings (SSSR count). The van der Waals surface area contributed by atoms with Gasteiger partial charge in [0.05, 0.1) is 12.7 Å². The monoisotopic (exact) mass is 266 g/mol. The number of ether oxygens (including phenoxy) is 1. The van der Waals surface area contributed by atoms with Crippen molar-refractivity contribution in [3.05, 3.63) is 23.8 Å². The zero-order chi connectivity index (χ0) is 13.0. The highest BCUT2D eigenvalue weighted by Gasteiger charge is 2.17. The highest BCUT2D eigenvalue weighted by molar-refractivity contribution is 8.00. The number of thioether (sulfide) groups is 1. The van der Waals surface area contributed by atoms with Crippen molar-refractivity contribution in [2.45, 2.75) is 18.1 Å². The summed E-state index contributed by atoms with van der Waals surface area (Å²) in [5.74, 6) is 1.71. The standard InChI is InChI=1S/C13H18N2O2S/c1-17-9-4-5-12(14)11(7-9)13(16)15-8-10-3-2-6-18-10/h4-5,7,10H,2-3,6,8,14H2,1H3,(H,15,16). The van der Waals surface area contributed by atoms with Crippen molar-refractivity contribution in [2.24, 2.45) is 0 Å². The lowest BCUT2D eigenvalue weighted by atomic mass is 10.1. The van der Waals surface area contributed by atoms with Gasteiger partial charge in [0.1, 0.15) is 5.75 Å². The minimum Gasteiger partial charge on any atom is -0.497 e. The molecule has 1 atom stereocenters. The molecule has 1 fully saturated rings. The Morgan fingerprint density at radius 2 is 2.44 bits per heavy atom. The molecule has 1 aromatic carbocycles. The van der Waals surface area contributed by atoms with E-state index < -0.39 is 0 Å². The molecule has 18 heavy (non-hydrogen) atoms. The summed E-state index contributed by atoms with van der Waals surface area (Å²) in [7, 11) is 1.57. The second kappa shape index (κ2) is 6.00. The summed E-state index contributed by atoms with van der Waals surface area (Å²) in [5.41, 5.74) is 6.77. The molecule has 4 nitrogen and oxygen atoms in total. The number of rotatable bonds is 4. The van der Waals surface area contributed by atoms with E-state index in [9.17, 15) is 4.79 Å². The third-order valence-corrected chi connectivity index (χ3v) is 4.42. The van der Waals surface area contributed by atoms with Crippen molar-refractivity contribution >= 4 is 23.4 Å². The number of benzene rings is 1. The number of hydrogen-bond donors (Lipinski definition) is 2. The van der Waals surface area contributed by atoms with Crippen molar-refractivity contribution in [1.82, 2.24) is 5.32 Å². The fraction of sp³-hybridized carbons (Fsp3) is 0.462. The van der Waals surface area contributed by atoms with Crippen LogP contribution in [0.15, 0.2) is 18.2 Å². The first-order chi connectivity index (χ1) is 8.70. The van der Waals surface area contributed by atoms with Gasteiger partial charge in [0.2, 0.25) is 0 Å². The van der Waals surface area contributed by atoms with E-state index in [4.69, 9.17) is 10.5 Å². The molecule has 1 aliphatic rings. The summed E-state index contributed by atoms with van der Waals surface area (Å²) in [6.45, 7) is 0.708. The molecular formula is C13H18N2O2S. The Morgan fingerprint density at radius 3 is 3.11 bits per heavy atom. The maximum atomic E-state index is 12.0. The van der Waals surface area contributed by atoms with Crippen molar-refractivity contribution in [2.75, 3.05) is 25.1 Å². The maximum Gasteiger partial charge on any atom is 0.253 e. The molecule has 0 spiro atoms. The van der Waals surface area contributed by atoms with Gasteiger partial charge in [-0.05, 0) is 36.8 Å². The molecule has 0 aliphatic carbocycles. The lowest BCUT2D eigenvalue weighted by Gasteiger charge is -2.12. The third kappa shape index (κ3) is 3.10. The largest absolute Gasteiger partial charge is 0.497 e. The van der Waals surface area contributed by atoms with Crippen molar-refractivity contribution in [1.29, 1.82) is 0 Å². The van der Waals surface area contributed by atoms with Gasteiger partial charge in [0, 0.05) is 17.5 Å². The summed E-state index contributed by atoms with van der Waals surface area (Å²) in [5, 5.41) is 3.48. The molecular weight excluding hydrogens is 248 g/mol. The first kappa shape index (κ1) is 13.1. The van der Waals surface area contributed by atoms with Crippen molar-refractivity contribution < 1.29 is 9.53 Å². The van der Waals surface area contributed by atoms with E-state index in [0.29, 0.717) is 28.8 Å². The predicted molar refractivity (Wildman–Crippen MR) is 75.2 cm³/mol. The number of hydrogen-bond acceptors (Lipinski definition) is 4. The van der Waals surface area contributed by atoms with Crippen molar-refractivity contribution in [3.8, 4) is 5.75 Å². The smallest absolute Gasteiger partial charge is 0.253 e. The van der Waals surface area contributed by atoms with Crippen LogP contribution in [0.4, 0.5) is 5.69 Å². The molecule has 3 N–H and O–H groups in total. The fourth-order valence-corrected chi connectivity index (χ4v) is 3.17. The van der Waals surface area contributed by atoms with E-state index in [2.05, 4.69) is 5.32 Å². The van der Waals surface area contributed by atoms with Gasteiger partial charge in [-0.1, -0.05) is 0 Å². The molecule has 1 heterocycles. The van der Waals surface area contributed by atoms with Crippen LogP contribution in [0.3, 0.4) is 0 Å². The lowest BCUT2D eigenvalue weighted by Crippen LogP contribution is -2.30. The number of nitrogens with one attached hydrogen (secondary N) is 1. The van der Waals surface area contributed by atoms with Gasteiger partial charge in [-0.2, -0.15) is 11.8 Å². The highest BCUT2D eigenvalue weighted by Crippen LogP contribution is 2.25. The molecule has 1 unspecified atom stereocenters.